The van der Waals surface area contributed by atoms with Gasteiger partial charge in [0.25, 0.3) is 0 Å². The van der Waals surface area contributed by atoms with Crippen LogP contribution in [-0.4, -0.2) is 43.4 Å². The second-order valence-electron chi connectivity index (χ2n) is 4.78. The van der Waals surface area contributed by atoms with Crippen LogP contribution in [-0.2, 0) is 4.74 Å². The molecule has 100 valence electrons. The Labute approximate surface area is 108 Å². The van der Waals surface area contributed by atoms with Crippen molar-refractivity contribution in [2.24, 2.45) is 0 Å². The molecular weight excluding hydrogens is 230 g/mol. The number of methoxy groups -OCH3 is 1. The zero-order chi connectivity index (χ0) is 13.1. The van der Waals surface area contributed by atoms with Gasteiger partial charge in [0.1, 0.15) is 11.5 Å². The fourth-order valence-corrected chi connectivity index (χ4v) is 2.38. The van der Waals surface area contributed by atoms with Gasteiger partial charge in [0, 0.05) is 30.3 Å². The molecule has 1 aliphatic rings. The molecule has 1 aromatic rings. The smallest absolute Gasteiger partial charge is 0.124 e. The molecule has 0 amide bonds. The van der Waals surface area contributed by atoms with Gasteiger partial charge >= 0.3 is 0 Å². The van der Waals surface area contributed by atoms with Crippen LogP contribution in [0.5, 0.6) is 11.5 Å². The van der Waals surface area contributed by atoms with Crippen molar-refractivity contribution in [3.05, 3.63) is 23.8 Å². The molecule has 0 radical (unpaired) electrons. The lowest BCUT2D eigenvalue weighted by molar-refractivity contribution is 0.137. The summed E-state index contributed by atoms with van der Waals surface area (Å²) in [6, 6.07) is 6.05. The lowest BCUT2D eigenvalue weighted by Gasteiger charge is -2.30. The topological polar surface area (TPSA) is 41.9 Å². The van der Waals surface area contributed by atoms with Crippen LogP contribution in [0.15, 0.2) is 18.2 Å². The summed E-state index contributed by atoms with van der Waals surface area (Å²) in [6.45, 7) is 3.70. The van der Waals surface area contributed by atoms with E-state index >= 15 is 0 Å². The first kappa shape index (κ1) is 13.2. The number of hydrogen-bond donors (Lipinski definition) is 1. The van der Waals surface area contributed by atoms with Gasteiger partial charge in [0.05, 0.1) is 13.7 Å². The molecule has 1 heterocycles. The van der Waals surface area contributed by atoms with Crippen LogP contribution >= 0.6 is 0 Å². The van der Waals surface area contributed by atoms with Crippen molar-refractivity contribution in [1.29, 1.82) is 0 Å². The number of nitrogens with zero attached hydrogens (tertiary/aromatic N) is 1. The summed E-state index contributed by atoms with van der Waals surface area (Å²) in [5.41, 5.74) is 0.921. The minimum Gasteiger partial charge on any atom is -0.507 e. The van der Waals surface area contributed by atoms with Crippen LogP contribution in [0, 0.1) is 0 Å². The van der Waals surface area contributed by atoms with E-state index in [1.165, 1.54) is 0 Å². The van der Waals surface area contributed by atoms with Gasteiger partial charge in [-0.05, 0) is 26.5 Å². The fourth-order valence-electron chi connectivity index (χ4n) is 2.38. The minimum atomic E-state index is 0.155. The lowest BCUT2D eigenvalue weighted by Crippen LogP contribution is -2.34. The molecule has 2 rings (SSSR count). The Kier molecular flexibility index (Phi) is 4.09. The highest BCUT2D eigenvalue weighted by Crippen LogP contribution is 2.32. The summed E-state index contributed by atoms with van der Waals surface area (Å²) >= 11 is 0. The van der Waals surface area contributed by atoms with Gasteiger partial charge in [-0.2, -0.15) is 0 Å². The number of hydrogen-bond acceptors (Lipinski definition) is 4. The molecule has 0 aromatic heterocycles. The van der Waals surface area contributed by atoms with Gasteiger partial charge in [0.15, 0.2) is 0 Å². The predicted octanol–water partition coefficient (Wildman–Crippen LogP) is 2.18. The van der Waals surface area contributed by atoms with E-state index in [2.05, 4.69) is 18.9 Å². The first-order chi connectivity index (χ1) is 8.63. The van der Waals surface area contributed by atoms with Crippen molar-refractivity contribution in [2.45, 2.75) is 25.4 Å². The van der Waals surface area contributed by atoms with Crippen LogP contribution in [0.2, 0.25) is 0 Å². The van der Waals surface area contributed by atoms with E-state index in [4.69, 9.17) is 9.47 Å². The van der Waals surface area contributed by atoms with Gasteiger partial charge in [-0.3, -0.25) is 4.90 Å². The SMILES string of the molecule is COc1ccc(C(C)N(C)C2CCOC2)c(O)c1. The summed E-state index contributed by atoms with van der Waals surface area (Å²) in [5, 5.41) is 10.0. The molecule has 0 aliphatic carbocycles. The molecule has 0 bridgehead atoms. The van der Waals surface area contributed by atoms with Crippen molar-refractivity contribution in [2.75, 3.05) is 27.4 Å². The third-order valence-corrected chi connectivity index (χ3v) is 3.78. The van der Waals surface area contributed by atoms with Gasteiger partial charge in [-0.25, -0.2) is 0 Å². The summed E-state index contributed by atoms with van der Waals surface area (Å²) in [7, 11) is 3.67. The number of rotatable bonds is 4. The molecule has 0 saturated carbocycles. The fraction of sp³-hybridized carbons (Fsp3) is 0.571. The maximum atomic E-state index is 10.0. The molecule has 2 atom stereocenters. The second kappa shape index (κ2) is 5.59. The van der Waals surface area contributed by atoms with E-state index in [9.17, 15) is 5.11 Å². The quantitative estimate of drug-likeness (QED) is 0.890. The summed E-state index contributed by atoms with van der Waals surface area (Å²) < 4.78 is 10.5. The number of likely N-dealkylation sites (N-methyl/N-ethyl adjacent to an activating group) is 1. The van der Waals surface area contributed by atoms with Crippen molar-refractivity contribution in [3.8, 4) is 11.5 Å². The maximum absolute atomic E-state index is 10.0. The lowest BCUT2D eigenvalue weighted by atomic mass is 10.0. The van der Waals surface area contributed by atoms with Crippen LogP contribution in [0.3, 0.4) is 0 Å². The molecule has 2 unspecified atom stereocenters. The monoisotopic (exact) mass is 251 g/mol. The maximum Gasteiger partial charge on any atom is 0.124 e. The minimum absolute atomic E-state index is 0.155. The van der Waals surface area contributed by atoms with Crippen molar-refractivity contribution >= 4 is 0 Å². The van der Waals surface area contributed by atoms with E-state index < -0.39 is 0 Å². The first-order valence-corrected chi connectivity index (χ1v) is 6.30. The zero-order valence-corrected chi connectivity index (χ0v) is 11.2. The second-order valence-corrected chi connectivity index (χ2v) is 4.78. The van der Waals surface area contributed by atoms with Crippen LogP contribution in [0.25, 0.3) is 0 Å². The standard InChI is InChI=1S/C14H21NO3/c1-10(15(2)11-6-7-18-9-11)13-5-4-12(17-3)8-14(13)16/h4-5,8,10-11,16H,6-7,9H2,1-3H3. The van der Waals surface area contributed by atoms with Crippen molar-refractivity contribution in [1.82, 2.24) is 4.90 Å². The number of phenolic OH excluding ortho intramolecular Hbond substituents is 1. The van der Waals surface area contributed by atoms with Crippen LogP contribution in [0.1, 0.15) is 24.9 Å². The zero-order valence-electron chi connectivity index (χ0n) is 11.2. The molecular formula is C14H21NO3. The van der Waals surface area contributed by atoms with E-state index in [-0.39, 0.29) is 11.8 Å². The Balaban J connectivity index is 2.14. The van der Waals surface area contributed by atoms with Gasteiger partial charge < -0.3 is 14.6 Å². The highest BCUT2D eigenvalue weighted by atomic mass is 16.5. The Morgan fingerprint density at radius 3 is 2.83 bits per heavy atom. The largest absolute Gasteiger partial charge is 0.507 e. The number of phenols is 1. The average Bonchev–Trinajstić information content (AvgIpc) is 2.90. The predicted molar refractivity (Wildman–Crippen MR) is 70.1 cm³/mol. The average molecular weight is 251 g/mol. The summed E-state index contributed by atoms with van der Waals surface area (Å²) in [6.07, 6.45) is 1.05. The van der Waals surface area contributed by atoms with Crippen molar-refractivity contribution in [3.63, 3.8) is 0 Å². The molecule has 4 heteroatoms. The third kappa shape index (κ3) is 2.60. The third-order valence-electron chi connectivity index (χ3n) is 3.78. The highest BCUT2D eigenvalue weighted by Gasteiger charge is 2.26. The van der Waals surface area contributed by atoms with Gasteiger partial charge in [-0.1, -0.05) is 6.07 Å². The molecule has 0 spiro atoms. The first-order valence-electron chi connectivity index (χ1n) is 6.30. The Bertz CT molecular complexity index is 402. The normalized spacial score (nSPS) is 21.2. The highest BCUT2D eigenvalue weighted by molar-refractivity contribution is 5.41. The molecule has 4 nitrogen and oxygen atoms in total. The summed E-state index contributed by atoms with van der Waals surface area (Å²) in [5.74, 6) is 0.961. The van der Waals surface area contributed by atoms with Crippen molar-refractivity contribution < 1.29 is 14.6 Å². The Morgan fingerprint density at radius 1 is 1.50 bits per heavy atom. The Hall–Kier alpha value is -1.26. The number of benzene rings is 1. The summed E-state index contributed by atoms with van der Waals surface area (Å²) in [4.78, 5) is 2.26. The molecule has 1 aromatic carbocycles. The number of ether oxygens (including phenoxy) is 2. The van der Waals surface area contributed by atoms with E-state index in [1.807, 2.05) is 12.1 Å². The van der Waals surface area contributed by atoms with E-state index in [0.717, 1.165) is 25.2 Å². The van der Waals surface area contributed by atoms with Crippen LogP contribution < -0.4 is 4.74 Å². The van der Waals surface area contributed by atoms with Gasteiger partial charge in [0.2, 0.25) is 0 Å². The van der Waals surface area contributed by atoms with Gasteiger partial charge in [-0.15, -0.1) is 0 Å². The number of aromatic hydroxyl groups is 1. The Morgan fingerprint density at radius 2 is 2.28 bits per heavy atom. The van der Waals surface area contributed by atoms with E-state index in [1.54, 1.807) is 13.2 Å². The molecule has 1 aliphatic heterocycles. The molecule has 1 fully saturated rings. The molecule has 18 heavy (non-hydrogen) atoms. The van der Waals surface area contributed by atoms with Crippen LogP contribution in [0.4, 0.5) is 0 Å². The molecule has 1 saturated heterocycles. The van der Waals surface area contributed by atoms with E-state index in [0.29, 0.717) is 11.8 Å². The molecule has 1 N–H and O–H groups in total.